The molecule has 0 fully saturated rings. The number of carboxylic acids is 1. The van der Waals surface area contributed by atoms with E-state index in [1.807, 2.05) is 6.07 Å². The number of aromatic nitrogens is 1. The highest BCUT2D eigenvalue weighted by Gasteiger charge is 2.42. The Hall–Kier alpha value is -4.32. The predicted octanol–water partition coefficient (Wildman–Crippen LogP) is 14.0. The number of unbranched alkanes of at least 4 members (excludes halogenated alkanes) is 15. The van der Waals surface area contributed by atoms with E-state index in [0.717, 1.165) is 55.6 Å². The summed E-state index contributed by atoms with van der Waals surface area (Å²) in [6, 6.07) is 26.0. The number of hydrogen-bond acceptors (Lipinski definition) is 5. The maximum absolute atomic E-state index is 11.3. The highest BCUT2D eigenvalue weighted by Crippen LogP contribution is 2.55. The topological polar surface area (TPSA) is 77.9 Å². The lowest BCUT2D eigenvalue weighted by Gasteiger charge is -2.33. The van der Waals surface area contributed by atoms with Crippen molar-refractivity contribution in [2.75, 3.05) is 20.3 Å². The van der Waals surface area contributed by atoms with Crippen LogP contribution in [0, 0.1) is 0 Å². The van der Waals surface area contributed by atoms with Crippen LogP contribution in [-0.2, 0) is 5.41 Å². The summed E-state index contributed by atoms with van der Waals surface area (Å²) in [7, 11) is 1.77. The molecule has 5 rings (SSSR count). The van der Waals surface area contributed by atoms with E-state index in [2.05, 4.69) is 73.4 Å². The van der Waals surface area contributed by atoms with E-state index in [4.69, 9.17) is 14.2 Å². The van der Waals surface area contributed by atoms with E-state index in [0.29, 0.717) is 19.0 Å². The Kier molecular flexibility index (Phi) is 17.6. The molecule has 0 amide bonds. The number of aromatic carboxylic acids is 1. The Bertz CT molecular complexity index is 1770. The zero-order valence-corrected chi connectivity index (χ0v) is 34.6. The fourth-order valence-corrected chi connectivity index (χ4v) is 8.65. The Labute approximate surface area is 337 Å². The number of benzene rings is 3. The van der Waals surface area contributed by atoms with Crippen molar-refractivity contribution in [1.29, 1.82) is 0 Å². The molecule has 1 aliphatic rings. The van der Waals surface area contributed by atoms with Crippen LogP contribution in [0.25, 0.3) is 22.3 Å². The van der Waals surface area contributed by atoms with Gasteiger partial charge in [-0.3, -0.25) is 0 Å². The van der Waals surface area contributed by atoms with Crippen molar-refractivity contribution in [3.8, 4) is 39.5 Å². The van der Waals surface area contributed by atoms with Gasteiger partial charge in [-0.2, -0.15) is 0 Å². The number of pyridine rings is 1. The molecule has 0 bridgehead atoms. The second kappa shape index (κ2) is 23.0. The van der Waals surface area contributed by atoms with Crippen molar-refractivity contribution in [3.63, 3.8) is 0 Å². The maximum atomic E-state index is 11.3. The number of methoxy groups -OCH3 is 1. The first kappa shape index (κ1) is 42.8. The van der Waals surface area contributed by atoms with E-state index in [1.165, 1.54) is 124 Å². The molecule has 0 radical (unpaired) electrons. The molecule has 1 heterocycles. The monoisotopic (exact) mass is 762 g/mol. The fraction of sp³-hybridized carbons (Fsp3) is 0.520. The Balaban J connectivity index is 1.21. The van der Waals surface area contributed by atoms with Gasteiger partial charge in [-0.1, -0.05) is 153 Å². The van der Waals surface area contributed by atoms with Gasteiger partial charge < -0.3 is 19.3 Å². The molecular weight excluding hydrogens is 695 g/mol. The number of hydrogen-bond donors (Lipinski definition) is 1. The molecule has 1 aliphatic carbocycles. The molecule has 3 aromatic carbocycles. The molecule has 1 aromatic heterocycles. The van der Waals surface area contributed by atoms with Gasteiger partial charge in [0, 0.05) is 17.2 Å². The SMILES string of the molecule is CCCCCCCCC1(CCCCCCCC)c2ccccc2-c2ccc(-c3cc(OCCCCCCCCOc4cccnc4C(=O)O)ccc3OC)cc21. The molecule has 0 atom stereocenters. The lowest BCUT2D eigenvalue weighted by Crippen LogP contribution is -2.25. The van der Waals surface area contributed by atoms with Crippen LogP contribution < -0.4 is 14.2 Å². The average molecular weight is 762 g/mol. The Morgan fingerprint density at radius 3 is 1.86 bits per heavy atom. The van der Waals surface area contributed by atoms with Gasteiger partial charge in [-0.25, -0.2) is 9.78 Å². The quantitative estimate of drug-likeness (QED) is 0.0581. The summed E-state index contributed by atoms with van der Waals surface area (Å²) < 4.78 is 18.0. The van der Waals surface area contributed by atoms with Crippen LogP contribution in [0.5, 0.6) is 17.2 Å². The molecular formula is C50H67NO5. The van der Waals surface area contributed by atoms with E-state index in [1.54, 1.807) is 19.2 Å². The second-order valence-electron chi connectivity index (χ2n) is 15.8. The van der Waals surface area contributed by atoms with Crippen molar-refractivity contribution >= 4 is 5.97 Å². The van der Waals surface area contributed by atoms with E-state index >= 15 is 0 Å². The molecule has 0 aliphatic heterocycles. The highest BCUT2D eigenvalue weighted by molar-refractivity contribution is 5.88. The summed E-state index contributed by atoms with van der Waals surface area (Å²) in [6.45, 7) is 5.76. The van der Waals surface area contributed by atoms with E-state index in [-0.39, 0.29) is 11.1 Å². The minimum absolute atomic E-state index is 0.0330. The van der Waals surface area contributed by atoms with Crippen LogP contribution in [0.2, 0.25) is 0 Å². The maximum Gasteiger partial charge on any atom is 0.358 e. The van der Waals surface area contributed by atoms with Crippen LogP contribution in [0.1, 0.15) is 164 Å². The first-order valence-electron chi connectivity index (χ1n) is 21.9. The first-order valence-corrected chi connectivity index (χ1v) is 21.9. The first-order chi connectivity index (χ1) is 27.5. The van der Waals surface area contributed by atoms with E-state index in [9.17, 15) is 9.90 Å². The zero-order valence-electron chi connectivity index (χ0n) is 34.6. The van der Waals surface area contributed by atoms with Crippen molar-refractivity contribution in [1.82, 2.24) is 4.98 Å². The standard InChI is InChI=1S/C50H67NO5/c1-4-6-8-10-14-20-32-50(33-21-15-11-9-7-5-2)44-26-19-18-25-41(44)42-30-28-39(37-45(42)50)43-38-40(29-31-46(43)54-3)55-35-22-16-12-13-17-23-36-56-47-27-24-34-51-48(47)49(52)53/h18-19,24-31,34,37-38H,4-17,20-23,32-33,35-36H2,1-3H3,(H,52,53). The van der Waals surface area contributed by atoms with E-state index < -0.39 is 5.97 Å². The molecule has 6 heteroatoms. The van der Waals surface area contributed by atoms with Crippen LogP contribution >= 0.6 is 0 Å². The number of rotatable bonds is 28. The van der Waals surface area contributed by atoms with Crippen molar-refractivity contribution in [2.24, 2.45) is 0 Å². The number of carboxylic acid groups (broad SMARTS) is 1. The fourth-order valence-electron chi connectivity index (χ4n) is 8.65. The van der Waals surface area contributed by atoms with Crippen molar-refractivity contribution < 1.29 is 24.1 Å². The average Bonchev–Trinajstić information content (AvgIpc) is 3.49. The minimum atomic E-state index is -1.07. The van der Waals surface area contributed by atoms with Crippen molar-refractivity contribution in [2.45, 2.75) is 148 Å². The van der Waals surface area contributed by atoms with Crippen LogP contribution in [-0.4, -0.2) is 36.4 Å². The molecule has 56 heavy (non-hydrogen) atoms. The third-order valence-electron chi connectivity index (χ3n) is 11.7. The molecule has 302 valence electrons. The molecule has 0 unspecified atom stereocenters. The number of ether oxygens (including phenoxy) is 3. The molecule has 0 saturated carbocycles. The highest BCUT2D eigenvalue weighted by atomic mass is 16.5. The molecule has 0 spiro atoms. The number of fused-ring (bicyclic) bond motifs is 3. The minimum Gasteiger partial charge on any atom is -0.496 e. The third-order valence-corrected chi connectivity index (χ3v) is 11.7. The molecule has 4 aromatic rings. The van der Waals surface area contributed by atoms with Gasteiger partial charge in [0.2, 0.25) is 0 Å². The van der Waals surface area contributed by atoms with Gasteiger partial charge in [-0.05, 0) is 89.9 Å². The summed E-state index contributed by atoms with van der Waals surface area (Å²) in [5.74, 6) is 1.02. The molecule has 6 nitrogen and oxygen atoms in total. The third kappa shape index (κ3) is 11.6. The number of nitrogens with zero attached hydrogens (tertiary/aromatic N) is 1. The zero-order chi connectivity index (χ0) is 39.4. The van der Waals surface area contributed by atoms with Crippen LogP contribution in [0.15, 0.2) is 79.0 Å². The smallest absolute Gasteiger partial charge is 0.358 e. The van der Waals surface area contributed by atoms with Gasteiger partial charge in [-0.15, -0.1) is 0 Å². The second-order valence-corrected chi connectivity index (χ2v) is 15.8. The largest absolute Gasteiger partial charge is 0.496 e. The van der Waals surface area contributed by atoms with Gasteiger partial charge in [0.15, 0.2) is 11.4 Å². The lowest BCUT2D eigenvalue weighted by atomic mass is 9.70. The predicted molar refractivity (Wildman–Crippen MR) is 231 cm³/mol. The summed E-state index contributed by atoms with van der Waals surface area (Å²) >= 11 is 0. The van der Waals surface area contributed by atoms with Gasteiger partial charge in [0.05, 0.1) is 20.3 Å². The van der Waals surface area contributed by atoms with Crippen molar-refractivity contribution in [3.05, 3.63) is 95.8 Å². The van der Waals surface area contributed by atoms with Crippen LogP contribution in [0.3, 0.4) is 0 Å². The summed E-state index contributed by atoms with van der Waals surface area (Å²) in [5, 5.41) is 9.28. The molecule has 0 saturated heterocycles. The van der Waals surface area contributed by atoms with Gasteiger partial charge in [0.1, 0.15) is 11.5 Å². The van der Waals surface area contributed by atoms with Gasteiger partial charge in [0.25, 0.3) is 0 Å². The number of carbonyl (C=O) groups is 1. The lowest BCUT2D eigenvalue weighted by molar-refractivity contribution is 0.0685. The van der Waals surface area contributed by atoms with Crippen LogP contribution in [0.4, 0.5) is 0 Å². The molecule has 1 N–H and O–H groups in total. The summed E-state index contributed by atoms with van der Waals surface area (Å²) in [6.07, 6.45) is 25.9. The summed E-state index contributed by atoms with van der Waals surface area (Å²) in [4.78, 5) is 15.2. The van der Waals surface area contributed by atoms with Gasteiger partial charge >= 0.3 is 5.97 Å². The normalized spacial score (nSPS) is 12.6. The Morgan fingerprint density at radius 2 is 1.20 bits per heavy atom. The summed E-state index contributed by atoms with van der Waals surface area (Å²) in [5.41, 5.74) is 8.14. The Morgan fingerprint density at radius 1 is 0.589 bits per heavy atom.